The number of hydrogen-bond donors (Lipinski definition) is 1. The molecule has 1 aliphatic rings. The van der Waals surface area contributed by atoms with Crippen molar-refractivity contribution in [2.75, 3.05) is 13.2 Å². The highest BCUT2D eigenvalue weighted by Gasteiger charge is 2.42. The first kappa shape index (κ1) is 9.48. The van der Waals surface area contributed by atoms with Crippen molar-refractivity contribution in [3.05, 3.63) is 0 Å². The summed E-state index contributed by atoms with van der Waals surface area (Å²) in [6.45, 7) is 5.57. The Bertz CT molecular complexity index is 187. The molecule has 0 bridgehead atoms. The van der Waals surface area contributed by atoms with Crippen LogP contribution in [0, 0.1) is 5.41 Å². The number of carbonyl (C=O) groups is 1. The summed E-state index contributed by atoms with van der Waals surface area (Å²) in [5.74, 6) is -1.52. The van der Waals surface area contributed by atoms with Crippen LogP contribution in [0.4, 0.5) is 0 Å². The Labute approximate surface area is 71.5 Å². The Kier molecular flexibility index (Phi) is 2.14. The summed E-state index contributed by atoms with van der Waals surface area (Å²) in [5, 5.41) is 8.81. The van der Waals surface area contributed by atoms with Gasteiger partial charge in [0.2, 0.25) is 0 Å². The van der Waals surface area contributed by atoms with Crippen LogP contribution in [0.25, 0.3) is 0 Å². The lowest BCUT2D eigenvalue weighted by atomic mass is 9.92. The predicted molar refractivity (Wildman–Crippen MR) is 41.7 cm³/mol. The summed E-state index contributed by atoms with van der Waals surface area (Å²) in [4.78, 5) is 10.7. The standard InChI is InChI=1S/C8H14O4/c1-7(2)11-4-8(3,5-12-7)6(9)10/h4-5H2,1-3H3,(H,9,10). The molecule has 0 spiro atoms. The lowest BCUT2D eigenvalue weighted by molar-refractivity contribution is -0.280. The predicted octanol–water partition coefficient (Wildman–Crippen LogP) is 0.860. The zero-order valence-electron chi connectivity index (χ0n) is 7.59. The van der Waals surface area contributed by atoms with E-state index in [1.54, 1.807) is 20.8 Å². The van der Waals surface area contributed by atoms with E-state index < -0.39 is 17.2 Å². The van der Waals surface area contributed by atoms with Gasteiger partial charge in [-0.15, -0.1) is 0 Å². The number of ether oxygens (including phenoxy) is 2. The Hall–Kier alpha value is -0.610. The molecular weight excluding hydrogens is 160 g/mol. The Morgan fingerprint density at radius 3 is 2.00 bits per heavy atom. The van der Waals surface area contributed by atoms with Crippen LogP contribution in [-0.2, 0) is 14.3 Å². The van der Waals surface area contributed by atoms with Gasteiger partial charge < -0.3 is 14.6 Å². The first-order chi connectivity index (χ1) is 5.36. The van der Waals surface area contributed by atoms with Crippen molar-refractivity contribution in [2.45, 2.75) is 26.6 Å². The maximum atomic E-state index is 10.7. The summed E-state index contributed by atoms with van der Waals surface area (Å²) in [6, 6.07) is 0. The molecule has 0 saturated carbocycles. The van der Waals surface area contributed by atoms with Crippen LogP contribution in [0.2, 0.25) is 0 Å². The second-order valence-electron chi connectivity index (χ2n) is 3.84. The molecule has 4 nitrogen and oxygen atoms in total. The number of carboxylic acid groups (broad SMARTS) is 1. The van der Waals surface area contributed by atoms with E-state index in [-0.39, 0.29) is 13.2 Å². The van der Waals surface area contributed by atoms with Crippen molar-refractivity contribution in [2.24, 2.45) is 5.41 Å². The molecule has 0 amide bonds. The molecule has 0 radical (unpaired) electrons. The molecule has 1 heterocycles. The van der Waals surface area contributed by atoms with Crippen LogP contribution in [0.1, 0.15) is 20.8 Å². The fourth-order valence-electron chi connectivity index (χ4n) is 0.873. The van der Waals surface area contributed by atoms with Crippen LogP contribution < -0.4 is 0 Å². The van der Waals surface area contributed by atoms with Crippen LogP contribution in [0.3, 0.4) is 0 Å². The van der Waals surface area contributed by atoms with Crippen LogP contribution in [0.5, 0.6) is 0 Å². The lowest BCUT2D eigenvalue weighted by Crippen LogP contribution is -2.48. The molecule has 0 aromatic rings. The van der Waals surface area contributed by atoms with Gasteiger partial charge in [-0.2, -0.15) is 0 Å². The van der Waals surface area contributed by atoms with Crippen molar-refractivity contribution >= 4 is 5.97 Å². The van der Waals surface area contributed by atoms with E-state index in [0.717, 1.165) is 0 Å². The molecule has 0 aromatic carbocycles. The van der Waals surface area contributed by atoms with Gasteiger partial charge in [0.1, 0.15) is 5.41 Å². The summed E-state index contributed by atoms with van der Waals surface area (Å²) in [7, 11) is 0. The highest BCUT2D eigenvalue weighted by molar-refractivity contribution is 5.74. The smallest absolute Gasteiger partial charge is 0.314 e. The molecule has 0 aliphatic carbocycles. The summed E-state index contributed by atoms with van der Waals surface area (Å²) in [6.07, 6.45) is 0. The molecule has 1 fully saturated rings. The molecule has 4 heteroatoms. The molecule has 12 heavy (non-hydrogen) atoms. The molecule has 1 rings (SSSR count). The molecule has 70 valence electrons. The van der Waals surface area contributed by atoms with Crippen molar-refractivity contribution < 1.29 is 19.4 Å². The zero-order valence-corrected chi connectivity index (χ0v) is 7.59. The van der Waals surface area contributed by atoms with Gasteiger partial charge in [-0.3, -0.25) is 4.79 Å². The van der Waals surface area contributed by atoms with Gasteiger partial charge in [0, 0.05) is 0 Å². The molecule has 0 unspecified atom stereocenters. The summed E-state index contributed by atoms with van der Waals surface area (Å²) < 4.78 is 10.5. The minimum atomic E-state index is -0.893. The number of carboxylic acids is 1. The van der Waals surface area contributed by atoms with Crippen molar-refractivity contribution in [3.8, 4) is 0 Å². The zero-order chi connectivity index (χ0) is 9.41. The fourth-order valence-corrected chi connectivity index (χ4v) is 0.873. The normalized spacial score (nSPS) is 26.6. The second-order valence-corrected chi connectivity index (χ2v) is 3.84. The van der Waals surface area contributed by atoms with E-state index >= 15 is 0 Å². The number of aliphatic carboxylic acids is 1. The number of hydrogen-bond acceptors (Lipinski definition) is 3. The highest BCUT2D eigenvalue weighted by atomic mass is 16.7. The van der Waals surface area contributed by atoms with Crippen LogP contribution in [0.15, 0.2) is 0 Å². The third kappa shape index (κ3) is 1.76. The van der Waals surface area contributed by atoms with E-state index in [1.807, 2.05) is 0 Å². The quantitative estimate of drug-likeness (QED) is 0.640. The minimum Gasteiger partial charge on any atom is -0.481 e. The van der Waals surface area contributed by atoms with E-state index in [4.69, 9.17) is 14.6 Å². The van der Waals surface area contributed by atoms with Crippen molar-refractivity contribution in [3.63, 3.8) is 0 Å². The first-order valence-corrected chi connectivity index (χ1v) is 3.87. The third-order valence-electron chi connectivity index (χ3n) is 1.99. The molecule has 0 aromatic heterocycles. The van der Waals surface area contributed by atoms with Gasteiger partial charge >= 0.3 is 5.97 Å². The van der Waals surface area contributed by atoms with Gasteiger partial charge in [0.05, 0.1) is 13.2 Å². The second kappa shape index (κ2) is 2.71. The Morgan fingerprint density at radius 1 is 1.25 bits per heavy atom. The van der Waals surface area contributed by atoms with Crippen molar-refractivity contribution in [1.29, 1.82) is 0 Å². The van der Waals surface area contributed by atoms with E-state index in [9.17, 15) is 4.79 Å². The van der Waals surface area contributed by atoms with Gasteiger partial charge in [-0.1, -0.05) is 0 Å². The lowest BCUT2D eigenvalue weighted by Gasteiger charge is -2.38. The molecular formula is C8H14O4. The average molecular weight is 174 g/mol. The van der Waals surface area contributed by atoms with Gasteiger partial charge in [-0.05, 0) is 20.8 Å². The third-order valence-corrected chi connectivity index (χ3v) is 1.99. The fraction of sp³-hybridized carbons (Fsp3) is 0.875. The number of rotatable bonds is 1. The van der Waals surface area contributed by atoms with E-state index in [1.165, 1.54) is 0 Å². The molecule has 1 aliphatic heterocycles. The molecule has 1 saturated heterocycles. The maximum absolute atomic E-state index is 10.7. The van der Waals surface area contributed by atoms with Crippen LogP contribution in [-0.4, -0.2) is 30.1 Å². The van der Waals surface area contributed by atoms with E-state index in [2.05, 4.69) is 0 Å². The first-order valence-electron chi connectivity index (χ1n) is 3.87. The highest BCUT2D eigenvalue weighted by Crippen LogP contribution is 2.29. The van der Waals surface area contributed by atoms with Gasteiger partial charge in [0.15, 0.2) is 5.79 Å². The Morgan fingerprint density at radius 2 is 1.67 bits per heavy atom. The molecule has 1 N–H and O–H groups in total. The largest absolute Gasteiger partial charge is 0.481 e. The maximum Gasteiger partial charge on any atom is 0.314 e. The van der Waals surface area contributed by atoms with E-state index in [0.29, 0.717) is 0 Å². The van der Waals surface area contributed by atoms with Gasteiger partial charge in [0.25, 0.3) is 0 Å². The molecule has 0 atom stereocenters. The summed E-state index contributed by atoms with van der Waals surface area (Å²) in [5.41, 5.74) is -0.893. The minimum absolute atomic E-state index is 0.204. The van der Waals surface area contributed by atoms with Crippen molar-refractivity contribution in [1.82, 2.24) is 0 Å². The monoisotopic (exact) mass is 174 g/mol. The average Bonchev–Trinajstić information content (AvgIpc) is 1.96. The van der Waals surface area contributed by atoms with Crippen LogP contribution >= 0.6 is 0 Å². The van der Waals surface area contributed by atoms with Gasteiger partial charge in [-0.25, -0.2) is 0 Å². The SMILES string of the molecule is CC1(C)OCC(C)(C(=O)O)CO1. The Balaban J connectivity index is 2.62. The summed E-state index contributed by atoms with van der Waals surface area (Å²) >= 11 is 0. The topological polar surface area (TPSA) is 55.8 Å².